The number of esters is 1. The van der Waals surface area contributed by atoms with E-state index in [1.807, 2.05) is 46.8 Å². The molecule has 0 bridgehead atoms. The third-order valence-electron chi connectivity index (χ3n) is 2.41. The van der Waals surface area contributed by atoms with Gasteiger partial charge >= 0.3 is 5.97 Å². The van der Waals surface area contributed by atoms with E-state index in [9.17, 15) is 4.79 Å². The number of carbonyl (C=O) groups excluding carboxylic acids is 1. The summed E-state index contributed by atoms with van der Waals surface area (Å²) in [5.74, 6) is -0.239. The van der Waals surface area contributed by atoms with E-state index in [2.05, 4.69) is 4.74 Å². The Kier molecular flexibility index (Phi) is 2.41. The minimum atomic E-state index is -0.239. The summed E-state index contributed by atoms with van der Waals surface area (Å²) in [6.07, 6.45) is 1.89. The molecule has 0 saturated carbocycles. The van der Waals surface area contributed by atoms with Gasteiger partial charge in [0.15, 0.2) is 17.6 Å². The topological polar surface area (TPSA) is 35.1 Å². The van der Waals surface area contributed by atoms with Crippen LogP contribution in [-0.4, -0.2) is 17.6 Å². The number of aryl methyl sites for hydroxylation is 1. The van der Waals surface area contributed by atoms with Gasteiger partial charge in [0.2, 0.25) is 6.33 Å². The Balaban J connectivity index is 2.48. The molecule has 0 fully saturated rings. The second-order valence-electron chi connectivity index (χ2n) is 3.42. The SMILES string of the molecule is COC(=O)Cn1c[n+](C)c2ccccc21. The van der Waals surface area contributed by atoms with Crippen LogP contribution >= 0.6 is 0 Å². The second kappa shape index (κ2) is 3.73. The molecule has 4 nitrogen and oxygen atoms in total. The van der Waals surface area contributed by atoms with Crippen LogP contribution in [0.4, 0.5) is 0 Å². The van der Waals surface area contributed by atoms with E-state index in [1.165, 1.54) is 7.11 Å². The highest BCUT2D eigenvalue weighted by molar-refractivity contribution is 5.75. The fourth-order valence-electron chi connectivity index (χ4n) is 1.67. The number of hydrogen-bond acceptors (Lipinski definition) is 2. The molecular formula is C11H13N2O2+. The van der Waals surface area contributed by atoms with Crippen LogP contribution in [0.15, 0.2) is 30.6 Å². The van der Waals surface area contributed by atoms with Crippen molar-refractivity contribution >= 4 is 17.0 Å². The maximum atomic E-state index is 11.2. The van der Waals surface area contributed by atoms with Gasteiger partial charge in [0, 0.05) is 0 Å². The van der Waals surface area contributed by atoms with Crippen molar-refractivity contribution in [2.24, 2.45) is 7.05 Å². The predicted molar refractivity (Wildman–Crippen MR) is 55.1 cm³/mol. The fourth-order valence-corrected chi connectivity index (χ4v) is 1.67. The van der Waals surface area contributed by atoms with Crippen molar-refractivity contribution in [2.75, 3.05) is 7.11 Å². The molecule has 15 heavy (non-hydrogen) atoms. The molecule has 0 radical (unpaired) electrons. The van der Waals surface area contributed by atoms with Gasteiger partial charge in [-0.3, -0.25) is 0 Å². The minimum absolute atomic E-state index is 0.239. The van der Waals surface area contributed by atoms with Gasteiger partial charge in [-0.15, -0.1) is 0 Å². The third kappa shape index (κ3) is 1.70. The summed E-state index contributed by atoms with van der Waals surface area (Å²) in [7, 11) is 3.35. The quantitative estimate of drug-likeness (QED) is 0.532. The van der Waals surface area contributed by atoms with Crippen molar-refractivity contribution in [1.29, 1.82) is 0 Å². The first-order chi connectivity index (χ1) is 7.22. The van der Waals surface area contributed by atoms with Gasteiger partial charge in [-0.05, 0) is 12.1 Å². The zero-order valence-electron chi connectivity index (χ0n) is 8.80. The van der Waals surface area contributed by atoms with E-state index >= 15 is 0 Å². The van der Waals surface area contributed by atoms with Crippen LogP contribution in [0.2, 0.25) is 0 Å². The van der Waals surface area contributed by atoms with E-state index in [0.717, 1.165) is 11.0 Å². The van der Waals surface area contributed by atoms with Gasteiger partial charge in [0.25, 0.3) is 0 Å². The molecule has 0 aliphatic carbocycles. The summed E-state index contributed by atoms with van der Waals surface area (Å²) in [5.41, 5.74) is 2.13. The van der Waals surface area contributed by atoms with E-state index in [1.54, 1.807) is 0 Å². The number of imidazole rings is 1. The molecule has 0 aliphatic heterocycles. The highest BCUT2D eigenvalue weighted by Crippen LogP contribution is 2.09. The van der Waals surface area contributed by atoms with Crippen LogP contribution in [-0.2, 0) is 23.1 Å². The standard InChI is InChI=1S/C11H13N2O2/c1-12-8-13(7-11(14)15-2)10-6-4-3-5-9(10)12/h3-6,8H,7H2,1-2H3/q+1. The molecule has 4 heteroatoms. The third-order valence-corrected chi connectivity index (χ3v) is 2.41. The number of rotatable bonds is 2. The van der Waals surface area contributed by atoms with E-state index in [-0.39, 0.29) is 12.5 Å². The van der Waals surface area contributed by atoms with Gasteiger partial charge in [0.05, 0.1) is 14.2 Å². The Labute approximate surface area is 87.7 Å². The molecular weight excluding hydrogens is 192 g/mol. The Hall–Kier alpha value is -1.84. The number of nitrogens with zero attached hydrogens (tertiary/aromatic N) is 2. The maximum absolute atomic E-state index is 11.2. The van der Waals surface area contributed by atoms with Crippen LogP contribution in [0.3, 0.4) is 0 Å². The molecule has 0 saturated heterocycles. The molecule has 0 aliphatic rings. The summed E-state index contributed by atoms with van der Waals surface area (Å²) >= 11 is 0. The minimum Gasteiger partial charge on any atom is -0.466 e. The zero-order chi connectivity index (χ0) is 10.8. The van der Waals surface area contributed by atoms with E-state index in [0.29, 0.717) is 0 Å². The molecule has 2 rings (SSSR count). The first-order valence-corrected chi connectivity index (χ1v) is 4.72. The molecule has 0 spiro atoms. The Morgan fingerprint density at radius 2 is 2.20 bits per heavy atom. The lowest BCUT2D eigenvalue weighted by Crippen LogP contribution is -2.25. The Morgan fingerprint density at radius 3 is 2.93 bits per heavy atom. The lowest BCUT2D eigenvalue weighted by molar-refractivity contribution is -0.645. The zero-order valence-corrected chi connectivity index (χ0v) is 8.80. The summed E-state index contributed by atoms with van der Waals surface area (Å²) in [4.78, 5) is 11.2. The summed E-state index contributed by atoms with van der Waals surface area (Å²) in [5, 5.41) is 0. The van der Waals surface area contributed by atoms with Crippen molar-refractivity contribution in [3.8, 4) is 0 Å². The van der Waals surface area contributed by atoms with Crippen LogP contribution in [0.5, 0.6) is 0 Å². The monoisotopic (exact) mass is 205 g/mol. The summed E-state index contributed by atoms with van der Waals surface area (Å²) in [6.45, 7) is 0.248. The highest BCUT2D eigenvalue weighted by atomic mass is 16.5. The molecule has 0 atom stereocenters. The number of methoxy groups -OCH3 is 1. The van der Waals surface area contributed by atoms with Crippen molar-refractivity contribution in [3.63, 3.8) is 0 Å². The average Bonchev–Trinajstić information content (AvgIpc) is 2.57. The van der Waals surface area contributed by atoms with Crippen LogP contribution in [0, 0.1) is 0 Å². The van der Waals surface area contributed by atoms with Crippen LogP contribution in [0.1, 0.15) is 0 Å². The summed E-state index contributed by atoms with van der Waals surface area (Å²) < 4.78 is 8.50. The number of carbonyl (C=O) groups is 1. The van der Waals surface area contributed by atoms with Crippen molar-refractivity contribution < 1.29 is 14.1 Å². The highest BCUT2D eigenvalue weighted by Gasteiger charge is 2.15. The largest absolute Gasteiger partial charge is 0.466 e. The van der Waals surface area contributed by atoms with Crippen molar-refractivity contribution in [2.45, 2.75) is 6.54 Å². The first kappa shape index (κ1) is 9.71. The van der Waals surface area contributed by atoms with Crippen LogP contribution < -0.4 is 4.57 Å². The first-order valence-electron chi connectivity index (χ1n) is 4.72. The number of hydrogen-bond donors (Lipinski definition) is 0. The van der Waals surface area contributed by atoms with Gasteiger partial charge < -0.3 is 4.74 Å². The lowest BCUT2D eigenvalue weighted by atomic mass is 10.3. The average molecular weight is 205 g/mol. The second-order valence-corrected chi connectivity index (χ2v) is 3.42. The fraction of sp³-hybridized carbons (Fsp3) is 0.273. The van der Waals surface area contributed by atoms with E-state index in [4.69, 9.17) is 0 Å². The van der Waals surface area contributed by atoms with Crippen molar-refractivity contribution in [1.82, 2.24) is 4.57 Å². The maximum Gasteiger partial charge on any atom is 0.348 e. The molecule has 0 unspecified atom stereocenters. The number of ether oxygens (including phenoxy) is 1. The molecule has 1 aromatic carbocycles. The number of para-hydroxylation sites is 2. The smallest absolute Gasteiger partial charge is 0.348 e. The molecule has 2 aromatic rings. The van der Waals surface area contributed by atoms with Crippen LogP contribution in [0.25, 0.3) is 11.0 Å². The molecule has 1 heterocycles. The molecule has 78 valence electrons. The van der Waals surface area contributed by atoms with Gasteiger partial charge in [0.1, 0.15) is 0 Å². The van der Waals surface area contributed by atoms with E-state index < -0.39 is 0 Å². The van der Waals surface area contributed by atoms with Gasteiger partial charge in [-0.2, -0.15) is 0 Å². The summed E-state index contributed by atoms with van der Waals surface area (Å²) in [6, 6.07) is 7.93. The van der Waals surface area contributed by atoms with Gasteiger partial charge in [-0.1, -0.05) is 12.1 Å². The predicted octanol–water partition coefficient (Wildman–Crippen LogP) is 0.639. The van der Waals surface area contributed by atoms with Gasteiger partial charge in [-0.25, -0.2) is 13.9 Å². The Bertz CT molecular complexity index is 502. The Morgan fingerprint density at radius 1 is 1.47 bits per heavy atom. The molecule has 1 aromatic heterocycles. The molecule has 0 amide bonds. The number of aromatic nitrogens is 2. The molecule has 0 N–H and O–H groups in total. The number of benzene rings is 1. The normalized spacial score (nSPS) is 10.5. The van der Waals surface area contributed by atoms with Crippen molar-refractivity contribution in [3.05, 3.63) is 30.6 Å². The number of fused-ring (bicyclic) bond motifs is 1. The lowest BCUT2D eigenvalue weighted by Gasteiger charge is -1.95.